The second kappa shape index (κ2) is 8.91. The van der Waals surface area contributed by atoms with E-state index >= 15 is 0 Å². The van der Waals surface area contributed by atoms with Crippen LogP contribution in [0.25, 0.3) is 0 Å². The first-order chi connectivity index (χ1) is 9.17. The minimum atomic E-state index is -0.161. The number of amides is 2. The average molecular weight is 270 g/mol. The van der Waals surface area contributed by atoms with Gasteiger partial charge < -0.3 is 15.7 Å². The summed E-state index contributed by atoms with van der Waals surface area (Å²) in [7, 11) is 0. The summed E-state index contributed by atoms with van der Waals surface area (Å²) in [5, 5.41) is 14.6. The van der Waals surface area contributed by atoms with Crippen molar-refractivity contribution in [2.45, 2.75) is 57.9 Å². The lowest BCUT2D eigenvalue weighted by atomic mass is 9.82. The van der Waals surface area contributed by atoms with E-state index in [0.29, 0.717) is 18.8 Å². The van der Waals surface area contributed by atoms with Crippen molar-refractivity contribution in [3.8, 4) is 0 Å². The van der Waals surface area contributed by atoms with Crippen LogP contribution in [0.2, 0.25) is 0 Å². The van der Waals surface area contributed by atoms with Gasteiger partial charge in [0.25, 0.3) is 0 Å². The van der Waals surface area contributed by atoms with Crippen LogP contribution in [0.15, 0.2) is 0 Å². The predicted octanol–water partition coefficient (Wildman–Crippen LogP) is 0.960. The van der Waals surface area contributed by atoms with Crippen LogP contribution in [0.1, 0.15) is 51.9 Å². The summed E-state index contributed by atoms with van der Waals surface area (Å²) in [5.41, 5.74) is 0. The molecule has 0 bridgehead atoms. The molecular weight excluding hydrogens is 244 g/mol. The van der Waals surface area contributed by atoms with Crippen molar-refractivity contribution < 1.29 is 14.7 Å². The molecule has 1 atom stereocenters. The van der Waals surface area contributed by atoms with Gasteiger partial charge in [0.05, 0.1) is 6.54 Å². The topological polar surface area (TPSA) is 78.4 Å². The SMILES string of the molecule is CCC(=O)NCC(=O)NC(CCO)C1CCCCC1. The number of aliphatic hydroxyl groups is 1. The Kier molecular flexibility index (Phi) is 7.48. The first kappa shape index (κ1) is 16.0. The fourth-order valence-corrected chi connectivity index (χ4v) is 2.66. The summed E-state index contributed by atoms with van der Waals surface area (Å²) >= 11 is 0. The molecule has 3 N–H and O–H groups in total. The van der Waals surface area contributed by atoms with Crippen LogP contribution in [0, 0.1) is 5.92 Å². The van der Waals surface area contributed by atoms with Gasteiger partial charge >= 0.3 is 0 Å². The van der Waals surface area contributed by atoms with E-state index in [2.05, 4.69) is 10.6 Å². The summed E-state index contributed by atoms with van der Waals surface area (Å²) in [6, 6.07) is 0.0383. The van der Waals surface area contributed by atoms with Gasteiger partial charge in [0.1, 0.15) is 0 Å². The van der Waals surface area contributed by atoms with Gasteiger partial charge in [-0.05, 0) is 25.2 Å². The highest BCUT2D eigenvalue weighted by Crippen LogP contribution is 2.27. The van der Waals surface area contributed by atoms with Crippen molar-refractivity contribution in [2.24, 2.45) is 5.92 Å². The maximum absolute atomic E-state index is 11.8. The van der Waals surface area contributed by atoms with Crippen molar-refractivity contribution in [1.29, 1.82) is 0 Å². The van der Waals surface area contributed by atoms with E-state index in [0.717, 1.165) is 12.8 Å². The highest BCUT2D eigenvalue weighted by molar-refractivity contribution is 5.84. The molecular formula is C14H26N2O3. The molecule has 0 aromatic rings. The molecule has 1 aliphatic rings. The van der Waals surface area contributed by atoms with E-state index < -0.39 is 0 Å². The van der Waals surface area contributed by atoms with Gasteiger partial charge in [-0.1, -0.05) is 26.2 Å². The summed E-state index contributed by atoms with van der Waals surface area (Å²) in [4.78, 5) is 22.9. The average Bonchev–Trinajstić information content (AvgIpc) is 2.45. The Morgan fingerprint density at radius 2 is 1.89 bits per heavy atom. The zero-order valence-corrected chi connectivity index (χ0v) is 11.8. The Labute approximate surface area is 115 Å². The van der Waals surface area contributed by atoms with E-state index in [1.165, 1.54) is 19.3 Å². The Bertz CT molecular complexity index is 288. The zero-order chi connectivity index (χ0) is 14.1. The van der Waals surface area contributed by atoms with Gasteiger partial charge in [-0.15, -0.1) is 0 Å². The van der Waals surface area contributed by atoms with E-state index in [4.69, 9.17) is 5.11 Å². The molecule has 1 saturated carbocycles. The third-order valence-corrected chi connectivity index (χ3v) is 3.77. The number of carbonyl (C=O) groups excluding carboxylic acids is 2. The zero-order valence-electron chi connectivity index (χ0n) is 11.8. The number of nitrogens with one attached hydrogen (secondary N) is 2. The van der Waals surface area contributed by atoms with Crippen LogP contribution < -0.4 is 10.6 Å². The molecule has 0 aromatic heterocycles. The van der Waals surface area contributed by atoms with Gasteiger partial charge in [0, 0.05) is 19.1 Å². The number of hydrogen-bond donors (Lipinski definition) is 3. The van der Waals surface area contributed by atoms with Crippen LogP contribution in [0.4, 0.5) is 0 Å². The molecule has 0 saturated heterocycles. The van der Waals surface area contributed by atoms with Crippen LogP contribution in [-0.2, 0) is 9.59 Å². The Morgan fingerprint density at radius 3 is 2.47 bits per heavy atom. The lowest BCUT2D eigenvalue weighted by Crippen LogP contribution is -2.46. The summed E-state index contributed by atoms with van der Waals surface area (Å²) in [5.74, 6) is 0.184. The predicted molar refractivity (Wildman–Crippen MR) is 73.5 cm³/mol. The molecule has 110 valence electrons. The van der Waals surface area contributed by atoms with Crippen LogP contribution in [0.3, 0.4) is 0 Å². The van der Waals surface area contributed by atoms with Gasteiger partial charge in [0.15, 0.2) is 0 Å². The second-order valence-electron chi connectivity index (χ2n) is 5.21. The monoisotopic (exact) mass is 270 g/mol. The van der Waals surface area contributed by atoms with Crippen molar-refractivity contribution in [3.05, 3.63) is 0 Å². The molecule has 0 radical (unpaired) electrons. The standard InChI is InChI=1S/C14H26N2O3/c1-2-13(18)15-10-14(19)16-12(8-9-17)11-6-4-3-5-7-11/h11-12,17H,2-10H2,1H3,(H,15,18)(H,16,19). The lowest BCUT2D eigenvalue weighted by Gasteiger charge is -2.30. The number of rotatable bonds is 7. The number of aliphatic hydroxyl groups excluding tert-OH is 1. The summed E-state index contributed by atoms with van der Waals surface area (Å²) in [6.07, 6.45) is 6.89. The fourth-order valence-electron chi connectivity index (χ4n) is 2.66. The van der Waals surface area contributed by atoms with Crippen LogP contribution >= 0.6 is 0 Å². The van der Waals surface area contributed by atoms with Crippen molar-refractivity contribution in [3.63, 3.8) is 0 Å². The highest BCUT2D eigenvalue weighted by Gasteiger charge is 2.24. The van der Waals surface area contributed by atoms with E-state index in [1.807, 2.05) is 0 Å². The van der Waals surface area contributed by atoms with Crippen LogP contribution in [-0.4, -0.2) is 36.1 Å². The first-order valence-electron chi connectivity index (χ1n) is 7.34. The third-order valence-electron chi connectivity index (χ3n) is 3.77. The molecule has 5 heteroatoms. The maximum Gasteiger partial charge on any atom is 0.239 e. The molecule has 0 spiro atoms. The quantitative estimate of drug-likeness (QED) is 0.645. The van der Waals surface area contributed by atoms with E-state index in [9.17, 15) is 9.59 Å². The van der Waals surface area contributed by atoms with Crippen molar-refractivity contribution >= 4 is 11.8 Å². The van der Waals surface area contributed by atoms with Gasteiger partial charge in [-0.2, -0.15) is 0 Å². The lowest BCUT2D eigenvalue weighted by molar-refractivity contribution is -0.126. The largest absolute Gasteiger partial charge is 0.396 e. The molecule has 5 nitrogen and oxygen atoms in total. The minimum absolute atomic E-state index is 0.0291. The summed E-state index contributed by atoms with van der Waals surface area (Å²) in [6.45, 7) is 1.87. The Hall–Kier alpha value is -1.10. The Balaban J connectivity index is 2.38. The van der Waals surface area contributed by atoms with Crippen molar-refractivity contribution in [1.82, 2.24) is 10.6 Å². The van der Waals surface area contributed by atoms with Gasteiger partial charge in [0.2, 0.25) is 11.8 Å². The summed E-state index contributed by atoms with van der Waals surface area (Å²) < 4.78 is 0. The van der Waals surface area contributed by atoms with Crippen LogP contribution in [0.5, 0.6) is 0 Å². The van der Waals surface area contributed by atoms with E-state index in [-0.39, 0.29) is 31.0 Å². The molecule has 1 aliphatic carbocycles. The highest BCUT2D eigenvalue weighted by atomic mass is 16.3. The molecule has 0 heterocycles. The molecule has 1 unspecified atom stereocenters. The normalized spacial score (nSPS) is 17.8. The first-order valence-corrected chi connectivity index (χ1v) is 7.34. The number of hydrogen-bond acceptors (Lipinski definition) is 3. The smallest absolute Gasteiger partial charge is 0.239 e. The molecule has 19 heavy (non-hydrogen) atoms. The maximum atomic E-state index is 11.8. The minimum Gasteiger partial charge on any atom is -0.396 e. The molecule has 1 rings (SSSR count). The van der Waals surface area contributed by atoms with Crippen molar-refractivity contribution in [2.75, 3.05) is 13.2 Å². The molecule has 0 aliphatic heterocycles. The number of carbonyl (C=O) groups is 2. The third kappa shape index (κ3) is 6.05. The van der Waals surface area contributed by atoms with E-state index in [1.54, 1.807) is 6.92 Å². The molecule has 0 aromatic carbocycles. The van der Waals surface area contributed by atoms with Gasteiger partial charge in [-0.25, -0.2) is 0 Å². The molecule has 1 fully saturated rings. The Morgan fingerprint density at radius 1 is 1.21 bits per heavy atom. The molecule has 2 amide bonds. The second-order valence-corrected chi connectivity index (χ2v) is 5.21. The van der Waals surface area contributed by atoms with Gasteiger partial charge in [-0.3, -0.25) is 9.59 Å². The fraction of sp³-hybridized carbons (Fsp3) is 0.857.